The summed E-state index contributed by atoms with van der Waals surface area (Å²) in [7, 11) is 3.99. The number of carbonyl (C=O) groups is 2. The van der Waals surface area contributed by atoms with Crippen molar-refractivity contribution in [2.45, 2.75) is 44.1 Å². The van der Waals surface area contributed by atoms with E-state index in [-0.39, 0.29) is 12.0 Å². The van der Waals surface area contributed by atoms with Gasteiger partial charge in [0.1, 0.15) is 5.60 Å². The van der Waals surface area contributed by atoms with Crippen molar-refractivity contribution >= 4 is 12.0 Å². The predicted molar refractivity (Wildman–Crippen MR) is 138 cm³/mol. The largest absolute Gasteiger partial charge is 0.441 e. The molecule has 0 bridgehead atoms. The molecule has 2 saturated heterocycles. The summed E-state index contributed by atoms with van der Waals surface area (Å²) in [6, 6.07) is 12.5. The van der Waals surface area contributed by atoms with Crippen molar-refractivity contribution in [1.29, 1.82) is 0 Å². The molecule has 2 aromatic rings. The van der Waals surface area contributed by atoms with Gasteiger partial charge in [0.25, 0.3) is 5.91 Å². The summed E-state index contributed by atoms with van der Waals surface area (Å²) in [6.45, 7) is 4.36. The monoisotopic (exact) mass is 532 g/mol. The van der Waals surface area contributed by atoms with E-state index in [4.69, 9.17) is 4.74 Å². The first-order valence-corrected chi connectivity index (χ1v) is 12.9. The summed E-state index contributed by atoms with van der Waals surface area (Å²) in [5.41, 5.74) is 1.14. The van der Waals surface area contributed by atoms with Gasteiger partial charge in [-0.15, -0.1) is 0 Å². The van der Waals surface area contributed by atoms with Crippen LogP contribution >= 0.6 is 0 Å². The molecule has 10 heteroatoms. The van der Waals surface area contributed by atoms with E-state index in [1.165, 1.54) is 12.1 Å². The highest BCUT2D eigenvalue weighted by molar-refractivity contribution is 5.94. The van der Waals surface area contributed by atoms with E-state index in [0.717, 1.165) is 36.2 Å². The average molecular weight is 533 g/mol. The van der Waals surface area contributed by atoms with E-state index in [0.29, 0.717) is 57.7 Å². The summed E-state index contributed by atoms with van der Waals surface area (Å²) < 4.78 is 44.2. The Morgan fingerprint density at radius 1 is 1.00 bits per heavy atom. The standard InChI is InChI=1S/C28H35F3N4O3/c1-33(2)15-3-14-32-25(36)23-8-4-22(5-9-23)19-35-20-27(38-26(35)37)12-16-34(17-13-27)18-21-6-10-24(11-7-21)28(29,30)31/h4-11H,3,12-20H2,1-2H3,(H,32,36). The van der Waals surface area contributed by atoms with Crippen LogP contribution in [0.3, 0.4) is 0 Å². The fraction of sp³-hybridized carbons (Fsp3) is 0.500. The second kappa shape index (κ2) is 11.7. The molecule has 2 heterocycles. The Labute approximate surface area is 221 Å². The molecule has 206 valence electrons. The fourth-order valence-electron chi connectivity index (χ4n) is 4.93. The number of hydrogen-bond acceptors (Lipinski definition) is 5. The highest BCUT2D eigenvalue weighted by atomic mass is 19.4. The Morgan fingerprint density at radius 3 is 2.21 bits per heavy atom. The number of nitrogens with one attached hydrogen (secondary N) is 1. The van der Waals surface area contributed by atoms with Crippen molar-refractivity contribution in [3.8, 4) is 0 Å². The third kappa shape index (κ3) is 7.26. The zero-order valence-corrected chi connectivity index (χ0v) is 21.9. The summed E-state index contributed by atoms with van der Waals surface area (Å²) in [6.07, 6.45) is -2.46. The summed E-state index contributed by atoms with van der Waals surface area (Å²) >= 11 is 0. The molecule has 0 aliphatic carbocycles. The Hall–Kier alpha value is -3.11. The maximum Gasteiger partial charge on any atom is 0.416 e. The molecule has 2 fully saturated rings. The van der Waals surface area contributed by atoms with E-state index < -0.39 is 17.3 Å². The number of halogens is 3. The first-order chi connectivity index (χ1) is 18.0. The van der Waals surface area contributed by atoms with Crippen LogP contribution in [0.2, 0.25) is 0 Å². The molecule has 0 atom stereocenters. The summed E-state index contributed by atoms with van der Waals surface area (Å²) in [4.78, 5) is 30.9. The number of amides is 2. The van der Waals surface area contributed by atoms with Crippen molar-refractivity contribution < 1.29 is 27.5 Å². The topological polar surface area (TPSA) is 65.1 Å². The number of piperidine rings is 1. The van der Waals surface area contributed by atoms with E-state index in [2.05, 4.69) is 15.1 Å². The molecule has 2 aromatic carbocycles. The maximum absolute atomic E-state index is 12.8. The van der Waals surface area contributed by atoms with Gasteiger partial charge in [0, 0.05) is 51.1 Å². The van der Waals surface area contributed by atoms with Gasteiger partial charge in [0.2, 0.25) is 0 Å². The van der Waals surface area contributed by atoms with Crippen LogP contribution in [0.1, 0.15) is 46.3 Å². The quantitative estimate of drug-likeness (QED) is 0.486. The fourth-order valence-corrected chi connectivity index (χ4v) is 4.93. The average Bonchev–Trinajstić information content (AvgIpc) is 3.17. The van der Waals surface area contributed by atoms with Gasteiger partial charge in [-0.3, -0.25) is 14.6 Å². The first-order valence-electron chi connectivity index (χ1n) is 12.9. The third-order valence-corrected chi connectivity index (χ3v) is 7.15. The van der Waals surface area contributed by atoms with Crippen molar-refractivity contribution in [2.75, 3.05) is 46.8 Å². The predicted octanol–water partition coefficient (Wildman–Crippen LogP) is 4.37. The normalized spacial score (nSPS) is 17.7. The number of alkyl halides is 3. The van der Waals surface area contributed by atoms with Crippen molar-refractivity contribution in [2.24, 2.45) is 0 Å². The Bertz CT molecular complexity index is 1100. The van der Waals surface area contributed by atoms with Crippen LogP contribution in [0.15, 0.2) is 48.5 Å². The minimum absolute atomic E-state index is 0.113. The van der Waals surface area contributed by atoms with E-state index in [1.54, 1.807) is 17.0 Å². The molecule has 38 heavy (non-hydrogen) atoms. The minimum Gasteiger partial charge on any atom is -0.441 e. The second-order valence-corrected chi connectivity index (χ2v) is 10.5. The highest BCUT2D eigenvalue weighted by Crippen LogP contribution is 2.35. The molecular formula is C28H35F3N4O3. The van der Waals surface area contributed by atoms with E-state index in [1.807, 2.05) is 26.2 Å². The van der Waals surface area contributed by atoms with E-state index in [9.17, 15) is 22.8 Å². The molecule has 2 aliphatic rings. The van der Waals surface area contributed by atoms with Gasteiger partial charge in [0.15, 0.2) is 0 Å². The lowest BCUT2D eigenvalue weighted by molar-refractivity contribution is -0.137. The molecule has 1 N–H and O–H groups in total. The van der Waals surface area contributed by atoms with Crippen LogP contribution in [0.25, 0.3) is 0 Å². The van der Waals surface area contributed by atoms with Crippen molar-refractivity contribution in [1.82, 2.24) is 20.0 Å². The van der Waals surface area contributed by atoms with Gasteiger partial charge in [-0.2, -0.15) is 13.2 Å². The third-order valence-electron chi connectivity index (χ3n) is 7.15. The maximum atomic E-state index is 12.8. The summed E-state index contributed by atoms with van der Waals surface area (Å²) in [5.74, 6) is -0.113. The van der Waals surface area contributed by atoms with E-state index >= 15 is 0 Å². The van der Waals surface area contributed by atoms with Crippen LogP contribution in [0.4, 0.5) is 18.0 Å². The van der Waals surface area contributed by atoms with Crippen LogP contribution in [-0.4, -0.2) is 79.1 Å². The molecule has 0 aromatic heterocycles. The smallest absolute Gasteiger partial charge is 0.416 e. The lowest BCUT2D eigenvalue weighted by Gasteiger charge is -2.37. The second-order valence-electron chi connectivity index (χ2n) is 10.5. The number of rotatable bonds is 9. The van der Waals surface area contributed by atoms with Crippen molar-refractivity contribution in [3.05, 3.63) is 70.8 Å². The van der Waals surface area contributed by atoms with Crippen LogP contribution < -0.4 is 5.32 Å². The Morgan fingerprint density at radius 2 is 1.61 bits per heavy atom. The lowest BCUT2D eigenvalue weighted by atomic mass is 9.91. The molecule has 7 nitrogen and oxygen atoms in total. The molecule has 1 spiro atoms. The Kier molecular flexibility index (Phi) is 8.62. The molecular weight excluding hydrogens is 497 g/mol. The van der Waals surface area contributed by atoms with Crippen LogP contribution in [0.5, 0.6) is 0 Å². The van der Waals surface area contributed by atoms with Gasteiger partial charge in [-0.25, -0.2) is 4.79 Å². The zero-order chi connectivity index (χ0) is 27.3. The van der Waals surface area contributed by atoms with Gasteiger partial charge in [-0.1, -0.05) is 24.3 Å². The van der Waals surface area contributed by atoms with Gasteiger partial charge >= 0.3 is 12.3 Å². The molecule has 2 amide bonds. The number of nitrogens with zero attached hydrogens (tertiary/aromatic N) is 3. The zero-order valence-electron chi connectivity index (χ0n) is 21.9. The van der Waals surface area contributed by atoms with Crippen molar-refractivity contribution in [3.63, 3.8) is 0 Å². The number of ether oxygens (including phenoxy) is 1. The van der Waals surface area contributed by atoms with Crippen LogP contribution in [-0.2, 0) is 24.0 Å². The number of carbonyl (C=O) groups excluding carboxylic acids is 2. The minimum atomic E-state index is -4.34. The molecule has 4 rings (SSSR count). The van der Waals surface area contributed by atoms with Gasteiger partial charge in [-0.05, 0) is 62.5 Å². The first kappa shape index (κ1) is 27.9. The number of hydrogen-bond donors (Lipinski definition) is 1. The van der Waals surface area contributed by atoms with Gasteiger partial charge in [0.05, 0.1) is 12.1 Å². The molecule has 0 saturated carbocycles. The Balaban J connectivity index is 1.24. The SMILES string of the molecule is CN(C)CCCNC(=O)c1ccc(CN2CC3(CCN(Cc4ccc(C(F)(F)F)cc4)CC3)OC2=O)cc1. The molecule has 0 unspecified atom stereocenters. The number of benzene rings is 2. The highest BCUT2D eigenvalue weighted by Gasteiger charge is 2.46. The summed E-state index contributed by atoms with van der Waals surface area (Å²) in [5, 5.41) is 2.92. The molecule has 0 radical (unpaired) electrons. The molecule has 2 aliphatic heterocycles. The van der Waals surface area contributed by atoms with Gasteiger partial charge < -0.3 is 15.0 Å². The van der Waals surface area contributed by atoms with Crippen LogP contribution in [0, 0.1) is 0 Å². The number of likely N-dealkylation sites (tertiary alicyclic amines) is 1. The lowest BCUT2D eigenvalue weighted by Crippen LogP contribution is -2.46.